The lowest BCUT2D eigenvalue weighted by Gasteiger charge is -2.34. The van der Waals surface area contributed by atoms with Crippen LogP contribution in [0, 0.1) is 6.92 Å². The number of carbonyl (C=O) groups excluding carboxylic acids is 1. The lowest BCUT2D eigenvalue weighted by Crippen LogP contribution is -2.42. The number of piperidine rings is 1. The van der Waals surface area contributed by atoms with Crippen LogP contribution in [0.2, 0.25) is 0 Å². The highest BCUT2D eigenvalue weighted by Crippen LogP contribution is 2.35. The third-order valence-corrected chi connectivity index (χ3v) is 5.82. The van der Waals surface area contributed by atoms with E-state index in [0.29, 0.717) is 28.4 Å². The van der Waals surface area contributed by atoms with Crippen molar-refractivity contribution in [1.82, 2.24) is 14.9 Å². The van der Waals surface area contributed by atoms with Gasteiger partial charge in [0.25, 0.3) is 5.91 Å². The molecular weight excluding hydrogens is 428 g/mol. The highest BCUT2D eigenvalue weighted by Gasteiger charge is 2.27. The van der Waals surface area contributed by atoms with E-state index in [4.69, 9.17) is 9.47 Å². The number of aromatic nitrogens is 2. The van der Waals surface area contributed by atoms with Crippen LogP contribution >= 0.6 is 12.4 Å². The first-order valence-corrected chi connectivity index (χ1v) is 10.6. The first kappa shape index (κ1) is 23.6. The second-order valence-corrected chi connectivity index (χ2v) is 7.91. The van der Waals surface area contributed by atoms with E-state index >= 15 is 0 Å². The summed E-state index contributed by atoms with van der Waals surface area (Å²) < 4.78 is 10.8. The number of halogens is 1. The summed E-state index contributed by atoms with van der Waals surface area (Å²) in [4.78, 5) is 24.5. The Morgan fingerprint density at radius 3 is 2.62 bits per heavy atom. The first-order chi connectivity index (χ1) is 15.0. The number of carbonyl (C=O) groups is 1. The number of methoxy groups -OCH3 is 2. The summed E-state index contributed by atoms with van der Waals surface area (Å²) in [5, 5.41) is 4.23. The normalized spacial score (nSPS) is 15.8. The number of nitrogens with zero attached hydrogens (tertiary/aromatic N) is 3. The van der Waals surface area contributed by atoms with Gasteiger partial charge in [0.05, 0.1) is 25.5 Å². The van der Waals surface area contributed by atoms with Gasteiger partial charge >= 0.3 is 0 Å². The second kappa shape index (κ2) is 10.0. The Morgan fingerprint density at radius 2 is 1.91 bits per heavy atom. The molecule has 4 rings (SSSR count). The molecule has 0 saturated carbocycles. The van der Waals surface area contributed by atoms with Gasteiger partial charge in [-0.25, -0.2) is 9.97 Å². The summed E-state index contributed by atoms with van der Waals surface area (Å²) in [5.41, 5.74) is 3.51. The van der Waals surface area contributed by atoms with Gasteiger partial charge in [-0.05, 0) is 57.4 Å². The molecule has 1 aromatic carbocycles. The zero-order valence-electron chi connectivity index (χ0n) is 18.8. The molecule has 1 unspecified atom stereocenters. The fourth-order valence-electron chi connectivity index (χ4n) is 4.08. The van der Waals surface area contributed by atoms with Crippen LogP contribution in [0.3, 0.4) is 0 Å². The third kappa shape index (κ3) is 4.58. The minimum absolute atomic E-state index is 0. The van der Waals surface area contributed by atoms with Crippen LogP contribution in [-0.2, 0) is 0 Å². The number of fused-ring (bicyclic) bond motifs is 1. The van der Waals surface area contributed by atoms with Crippen LogP contribution in [0.15, 0.2) is 36.5 Å². The Balaban J connectivity index is 0.00000289. The molecule has 0 spiro atoms. The van der Waals surface area contributed by atoms with Crippen LogP contribution < -0.4 is 14.8 Å². The Labute approximate surface area is 194 Å². The number of nitrogens with one attached hydrogen (secondary N) is 1. The largest absolute Gasteiger partial charge is 0.493 e. The number of hydrogen-bond donors (Lipinski definition) is 1. The van der Waals surface area contributed by atoms with Crippen LogP contribution in [0.25, 0.3) is 11.0 Å². The fourth-order valence-corrected chi connectivity index (χ4v) is 4.08. The van der Waals surface area contributed by atoms with Gasteiger partial charge in [0.15, 0.2) is 17.1 Å². The van der Waals surface area contributed by atoms with E-state index in [-0.39, 0.29) is 24.4 Å². The minimum atomic E-state index is -0.00912. The number of rotatable bonds is 5. The number of ether oxygens (including phenoxy) is 2. The van der Waals surface area contributed by atoms with Crippen molar-refractivity contribution in [3.8, 4) is 11.5 Å². The Bertz CT molecular complexity index is 1120. The average molecular weight is 457 g/mol. The molecule has 32 heavy (non-hydrogen) atoms. The lowest BCUT2D eigenvalue weighted by molar-refractivity contribution is 0.0636. The summed E-state index contributed by atoms with van der Waals surface area (Å²) in [6.45, 7) is 4.80. The molecule has 3 heterocycles. The maximum absolute atomic E-state index is 13.5. The third-order valence-electron chi connectivity index (χ3n) is 5.82. The van der Waals surface area contributed by atoms with Gasteiger partial charge in [-0.15, -0.1) is 12.4 Å². The van der Waals surface area contributed by atoms with Crippen molar-refractivity contribution >= 4 is 40.7 Å². The molecule has 170 valence electrons. The molecule has 1 atom stereocenters. The standard InChI is InChI=1S/C24H28N4O3.ClH/c1-15-8-10-18-22(27-17-9-11-20(30-3)21(13-17)31-4)19(14-25-23(18)26-15)24(29)28-12-6-5-7-16(28)2;/h8-11,13-14,16H,5-7,12H2,1-4H3,(H,25,26,27);1H. The molecule has 2 aromatic heterocycles. The van der Waals surface area contributed by atoms with Crippen LogP contribution in [0.5, 0.6) is 11.5 Å². The lowest BCUT2D eigenvalue weighted by atomic mass is 10.0. The Hall–Kier alpha value is -3.06. The minimum Gasteiger partial charge on any atom is -0.493 e. The van der Waals surface area contributed by atoms with E-state index < -0.39 is 0 Å². The van der Waals surface area contributed by atoms with Crippen molar-refractivity contribution in [3.05, 3.63) is 47.8 Å². The van der Waals surface area contributed by atoms with E-state index in [0.717, 1.165) is 42.6 Å². The average Bonchev–Trinajstić information content (AvgIpc) is 2.78. The summed E-state index contributed by atoms with van der Waals surface area (Å²) in [5.74, 6) is 1.24. The van der Waals surface area contributed by atoms with Gasteiger partial charge in [0.1, 0.15) is 0 Å². The molecule has 0 aliphatic carbocycles. The number of aryl methyl sites for hydroxylation is 1. The quantitative estimate of drug-likeness (QED) is 0.573. The van der Waals surface area contributed by atoms with Crippen molar-refractivity contribution in [3.63, 3.8) is 0 Å². The van der Waals surface area contributed by atoms with Crippen molar-refractivity contribution in [2.24, 2.45) is 0 Å². The van der Waals surface area contributed by atoms with Crippen LogP contribution in [-0.4, -0.2) is 47.6 Å². The van der Waals surface area contributed by atoms with E-state index in [2.05, 4.69) is 22.2 Å². The smallest absolute Gasteiger partial charge is 0.257 e. The summed E-state index contributed by atoms with van der Waals surface area (Å²) in [6, 6.07) is 9.69. The zero-order valence-corrected chi connectivity index (χ0v) is 19.7. The molecule has 0 bridgehead atoms. The van der Waals surface area contributed by atoms with Crippen LogP contribution in [0.4, 0.5) is 11.4 Å². The maximum Gasteiger partial charge on any atom is 0.257 e. The molecule has 0 radical (unpaired) electrons. The molecule has 1 aliphatic heterocycles. The number of amides is 1. The molecular formula is C24H29ClN4O3. The van der Waals surface area contributed by atoms with Gasteiger partial charge in [0.2, 0.25) is 0 Å². The van der Waals surface area contributed by atoms with Gasteiger partial charge in [0, 0.05) is 41.6 Å². The van der Waals surface area contributed by atoms with E-state index in [1.165, 1.54) is 0 Å². The maximum atomic E-state index is 13.5. The Morgan fingerprint density at radius 1 is 1.12 bits per heavy atom. The van der Waals surface area contributed by atoms with Crippen molar-refractivity contribution in [2.75, 3.05) is 26.1 Å². The number of hydrogen-bond acceptors (Lipinski definition) is 6. The molecule has 1 fully saturated rings. The summed E-state index contributed by atoms with van der Waals surface area (Å²) in [7, 11) is 3.20. The number of anilines is 2. The van der Waals surface area contributed by atoms with Crippen LogP contribution in [0.1, 0.15) is 42.2 Å². The van der Waals surface area contributed by atoms with E-state index in [1.54, 1.807) is 20.4 Å². The second-order valence-electron chi connectivity index (χ2n) is 7.91. The topological polar surface area (TPSA) is 76.6 Å². The predicted molar refractivity (Wildman–Crippen MR) is 129 cm³/mol. The fraction of sp³-hybridized carbons (Fsp3) is 0.375. The zero-order chi connectivity index (χ0) is 22.0. The molecule has 8 heteroatoms. The summed E-state index contributed by atoms with van der Waals surface area (Å²) >= 11 is 0. The number of pyridine rings is 2. The van der Waals surface area contributed by atoms with Gasteiger partial charge in [-0.1, -0.05) is 0 Å². The predicted octanol–water partition coefficient (Wildman–Crippen LogP) is 5.14. The molecule has 1 saturated heterocycles. The monoisotopic (exact) mass is 456 g/mol. The van der Waals surface area contributed by atoms with Gasteiger partial charge < -0.3 is 19.7 Å². The molecule has 7 nitrogen and oxygen atoms in total. The molecule has 3 aromatic rings. The summed E-state index contributed by atoms with van der Waals surface area (Å²) in [6.07, 6.45) is 4.84. The molecule has 1 N–H and O–H groups in total. The molecule has 1 aliphatic rings. The highest BCUT2D eigenvalue weighted by molar-refractivity contribution is 6.07. The van der Waals surface area contributed by atoms with Crippen molar-refractivity contribution in [2.45, 2.75) is 39.2 Å². The van der Waals surface area contributed by atoms with Gasteiger partial charge in [-0.3, -0.25) is 4.79 Å². The Kier molecular flexibility index (Phi) is 7.40. The first-order valence-electron chi connectivity index (χ1n) is 10.6. The van der Waals surface area contributed by atoms with E-state index in [1.807, 2.05) is 42.2 Å². The van der Waals surface area contributed by atoms with Gasteiger partial charge in [-0.2, -0.15) is 0 Å². The highest BCUT2D eigenvalue weighted by atomic mass is 35.5. The van der Waals surface area contributed by atoms with E-state index in [9.17, 15) is 4.79 Å². The molecule has 1 amide bonds. The number of benzene rings is 1. The number of likely N-dealkylation sites (tertiary alicyclic amines) is 1. The van der Waals surface area contributed by atoms with Crippen molar-refractivity contribution < 1.29 is 14.3 Å². The van der Waals surface area contributed by atoms with Crippen molar-refractivity contribution in [1.29, 1.82) is 0 Å². The SMILES string of the molecule is COc1ccc(Nc2c(C(=O)N3CCCCC3C)cnc3nc(C)ccc23)cc1OC.Cl.